The first kappa shape index (κ1) is 15.7. The van der Waals surface area contributed by atoms with Gasteiger partial charge in [0.15, 0.2) is 5.82 Å². The molecule has 19 heavy (non-hydrogen) atoms. The highest BCUT2D eigenvalue weighted by atomic mass is 16.3. The molecule has 2 N–H and O–H groups in total. The second-order valence-corrected chi connectivity index (χ2v) is 5.30. The number of aliphatic hydroxyl groups is 1. The van der Waals surface area contributed by atoms with Crippen LogP contribution in [-0.2, 0) is 0 Å². The topological polar surface area (TPSA) is 67.2 Å². The molecule has 0 aromatic carbocycles. The van der Waals surface area contributed by atoms with E-state index in [0.717, 1.165) is 12.8 Å². The number of aromatic nitrogens is 2. The molecule has 0 atom stereocenters. The van der Waals surface area contributed by atoms with Crippen LogP contribution in [0.4, 0.5) is 5.82 Å². The highest BCUT2D eigenvalue weighted by Crippen LogP contribution is 2.25. The Hall–Kier alpha value is -1.36. The summed E-state index contributed by atoms with van der Waals surface area (Å²) in [5, 5.41) is 12.6. The molecule has 0 aliphatic heterocycles. The number of hydrogen-bond acceptors (Lipinski definition) is 4. The van der Waals surface area contributed by atoms with E-state index in [1.54, 1.807) is 17.0 Å². The van der Waals surface area contributed by atoms with Gasteiger partial charge in [0.2, 0.25) is 0 Å². The summed E-state index contributed by atoms with van der Waals surface area (Å²) in [5.41, 5.74) is -0.302. The predicted molar refractivity (Wildman–Crippen MR) is 77.5 cm³/mol. The van der Waals surface area contributed by atoms with Crippen LogP contribution in [-0.4, -0.2) is 27.8 Å². The summed E-state index contributed by atoms with van der Waals surface area (Å²) < 4.78 is 1.65. The Morgan fingerprint density at radius 1 is 1.42 bits per heavy atom. The lowest BCUT2D eigenvalue weighted by molar-refractivity contribution is 0.127. The molecule has 0 spiro atoms. The van der Waals surface area contributed by atoms with Gasteiger partial charge >= 0.3 is 0 Å². The average molecular weight is 267 g/mol. The van der Waals surface area contributed by atoms with Crippen molar-refractivity contribution in [3.63, 3.8) is 0 Å². The Balaban J connectivity index is 2.89. The van der Waals surface area contributed by atoms with E-state index >= 15 is 0 Å². The van der Waals surface area contributed by atoms with Gasteiger partial charge in [0.1, 0.15) is 0 Å². The molecule has 5 heteroatoms. The van der Waals surface area contributed by atoms with E-state index in [-0.39, 0.29) is 23.6 Å². The molecule has 5 nitrogen and oxygen atoms in total. The minimum Gasteiger partial charge on any atom is -0.396 e. The first-order valence-corrected chi connectivity index (χ1v) is 6.91. The van der Waals surface area contributed by atoms with Gasteiger partial charge < -0.3 is 15.0 Å². The Labute approximate surface area is 114 Å². The smallest absolute Gasteiger partial charge is 0.293 e. The van der Waals surface area contributed by atoms with Gasteiger partial charge in [-0.05, 0) is 26.7 Å². The van der Waals surface area contributed by atoms with E-state index < -0.39 is 0 Å². The minimum atomic E-state index is -0.188. The van der Waals surface area contributed by atoms with Crippen molar-refractivity contribution in [2.24, 2.45) is 5.41 Å². The van der Waals surface area contributed by atoms with Crippen molar-refractivity contribution in [1.82, 2.24) is 9.55 Å². The van der Waals surface area contributed by atoms with E-state index in [0.29, 0.717) is 12.4 Å². The minimum absolute atomic E-state index is 0.107. The summed E-state index contributed by atoms with van der Waals surface area (Å²) in [6, 6.07) is 0.107. The maximum absolute atomic E-state index is 12.2. The molecule has 0 saturated heterocycles. The summed E-state index contributed by atoms with van der Waals surface area (Å²) in [7, 11) is 0. The average Bonchev–Trinajstić information content (AvgIpc) is 2.42. The van der Waals surface area contributed by atoms with Crippen LogP contribution in [0.2, 0.25) is 0 Å². The zero-order valence-electron chi connectivity index (χ0n) is 12.3. The summed E-state index contributed by atoms with van der Waals surface area (Å²) >= 11 is 0. The Morgan fingerprint density at radius 3 is 2.53 bits per heavy atom. The van der Waals surface area contributed by atoms with Crippen LogP contribution in [0.5, 0.6) is 0 Å². The summed E-state index contributed by atoms with van der Waals surface area (Å²) in [5.74, 6) is 0.357. The fourth-order valence-electron chi connectivity index (χ4n) is 2.00. The Bertz CT molecular complexity index is 442. The molecule has 0 amide bonds. The third kappa shape index (κ3) is 3.56. The Kier molecular flexibility index (Phi) is 5.54. The number of nitrogens with zero attached hydrogens (tertiary/aromatic N) is 2. The van der Waals surface area contributed by atoms with Gasteiger partial charge in [0, 0.05) is 30.4 Å². The van der Waals surface area contributed by atoms with Crippen LogP contribution in [0.1, 0.15) is 46.6 Å². The standard InChI is InChI=1S/C14H25N3O2/c1-5-14(6-2,10-18)9-16-12-13(19)17(11(3)4)8-7-15-12/h7-8,11,18H,5-6,9-10H2,1-4H3,(H,15,16). The Morgan fingerprint density at radius 2 is 2.05 bits per heavy atom. The second kappa shape index (κ2) is 6.70. The fourth-order valence-corrected chi connectivity index (χ4v) is 2.00. The number of anilines is 1. The van der Waals surface area contributed by atoms with Gasteiger partial charge in [-0.25, -0.2) is 4.98 Å². The largest absolute Gasteiger partial charge is 0.396 e. The van der Waals surface area contributed by atoms with Gasteiger partial charge in [0.05, 0.1) is 6.61 Å². The fraction of sp³-hybridized carbons (Fsp3) is 0.714. The van der Waals surface area contributed by atoms with Gasteiger partial charge in [-0.2, -0.15) is 0 Å². The molecular formula is C14H25N3O2. The maximum atomic E-state index is 12.2. The van der Waals surface area contributed by atoms with Crippen LogP contribution < -0.4 is 10.9 Å². The molecule has 0 saturated carbocycles. The van der Waals surface area contributed by atoms with Gasteiger partial charge in [-0.3, -0.25) is 4.79 Å². The van der Waals surface area contributed by atoms with Crippen molar-refractivity contribution in [3.8, 4) is 0 Å². The third-order valence-electron chi connectivity index (χ3n) is 3.89. The molecule has 108 valence electrons. The lowest BCUT2D eigenvalue weighted by atomic mass is 9.83. The zero-order chi connectivity index (χ0) is 14.5. The number of hydrogen-bond donors (Lipinski definition) is 2. The predicted octanol–water partition coefficient (Wildman–Crippen LogP) is 2.03. The molecule has 1 heterocycles. The van der Waals surface area contributed by atoms with Crippen LogP contribution in [0, 0.1) is 5.41 Å². The maximum Gasteiger partial charge on any atom is 0.293 e. The molecule has 0 bridgehead atoms. The molecule has 0 aliphatic rings. The van der Waals surface area contributed by atoms with Crippen molar-refractivity contribution in [3.05, 3.63) is 22.7 Å². The second-order valence-electron chi connectivity index (χ2n) is 5.30. The van der Waals surface area contributed by atoms with Crippen LogP contribution >= 0.6 is 0 Å². The summed E-state index contributed by atoms with van der Waals surface area (Å²) in [4.78, 5) is 16.3. The van der Waals surface area contributed by atoms with Gasteiger partial charge in [0.25, 0.3) is 5.56 Å². The number of rotatable bonds is 7. The van der Waals surface area contributed by atoms with E-state index in [1.807, 2.05) is 27.7 Å². The van der Waals surface area contributed by atoms with E-state index in [9.17, 15) is 9.90 Å². The van der Waals surface area contributed by atoms with Crippen LogP contribution in [0.15, 0.2) is 17.2 Å². The first-order chi connectivity index (χ1) is 8.99. The molecule has 1 rings (SSSR count). The van der Waals surface area contributed by atoms with Crippen molar-refractivity contribution >= 4 is 5.82 Å². The highest BCUT2D eigenvalue weighted by molar-refractivity contribution is 5.31. The van der Waals surface area contributed by atoms with Crippen LogP contribution in [0.3, 0.4) is 0 Å². The molecule has 1 aromatic rings. The van der Waals surface area contributed by atoms with Gasteiger partial charge in [-0.1, -0.05) is 13.8 Å². The molecule has 0 radical (unpaired) electrons. The molecule has 0 unspecified atom stereocenters. The van der Waals surface area contributed by atoms with Gasteiger partial charge in [-0.15, -0.1) is 0 Å². The number of aliphatic hydroxyl groups excluding tert-OH is 1. The molecule has 1 aromatic heterocycles. The molecular weight excluding hydrogens is 242 g/mol. The lowest BCUT2D eigenvalue weighted by Gasteiger charge is -2.29. The lowest BCUT2D eigenvalue weighted by Crippen LogP contribution is -2.35. The SMILES string of the molecule is CCC(CC)(CO)CNc1nccn(C(C)C)c1=O. The van der Waals surface area contributed by atoms with Crippen molar-refractivity contribution in [2.75, 3.05) is 18.5 Å². The molecule has 0 fully saturated rings. The normalized spacial score (nSPS) is 11.9. The quantitative estimate of drug-likeness (QED) is 0.793. The van der Waals surface area contributed by atoms with Crippen molar-refractivity contribution in [2.45, 2.75) is 46.6 Å². The number of nitrogens with one attached hydrogen (secondary N) is 1. The summed E-state index contributed by atoms with van der Waals surface area (Å²) in [6.07, 6.45) is 5.04. The van der Waals surface area contributed by atoms with Crippen LogP contribution in [0.25, 0.3) is 0 Å². The molecule has 0 aliphatic carbocycles. The third-order valence-corrected chi connectivity index (χ3v) is 3.89. The van der Waals surface area contributed by atoms with E-state index in [4.69, 9.17) is 0 Å². The van der Waals surface area contributed by atoms with Crippen molar-refractivity contribution in [1.29, 1.82) is 0 Å². The first-order valence-electron chi connectivity index (χ1n) is 6.91. The highest BCUT2D eigenvalue weighted by Gasteiger charge is 2.25. The van der Waals surface area contributed by atoms with E-state index in [2.05, 4.69) is 10.3 Å². The summed E-state index contributed by atoms with van der Waals surface area (Å²) in [6.45, 7) is 8.68. The monoisotopic (exact) mass is 267 g/mol. The zero-order valence-corrected chi connectivity index (χ0v) is 12.3. The van der Waals surface area contributed by atoms with Crippen molar-refractivity contribution < 1.29 is 5.11 Å². The van der Waals surface area contributed by atoms with E-state index in [1.165, 1.54) is 0 Å².